The third kappa shape index (κ3) is 30.3. The Balaban J connectivity index is 0.000000202. The number of nitro benzene ring substituents is 2. The Bertz CT molecular complexity index is 5390. The Hall–Kier alpha value is -13.4. The summed E-state index contributed by atoms with van der Waals surface area (Å²) in [6.45, 7) is 1.18. The summed E-state index contributed by atoms with van der Waals surface area (Å²) < 4.78 is 21.8. The molecule has 0 atom stereocenters. The van der Waals surface area contributed by atoms with Gasteiger partial charge in [-0.1, -0.05) is 215 Å². The van der Waals surface area contributed by atoms with Crippen molar-refractivity contribution in [2.75, 3.05) is 61.6 Å². The number of carboxylic acid groups (broad SMARTS) is 1. The van der Waals surface area contributed by atoms with E-state index in [9.17, 15) is 29.8 Å². The van der Waals surface area contributed by atoms with E-state index in [4.69, 9.17) is 66.7 Å². The van der Waals surface area contributed by atoms with Crippen molar-refractivity contribution >= 4 is 116 Å². The number of carbonyl (C=O) groups is 2. The van der Waals surface area contributed by atoms with Crippen molar-refractivity contribution in [3.8, 4) is 59.0 Å². The van der Waals surface area contributed by atoms with E-state index in [2.05, 4.69) is 152 Å². The van der Waals surface area contributed by atoms with E-state index in [-0.39, 0.29) is 50.2 Å². The number of nitro groups is 2. The predicted molar refractivity (Wildman–Crippen MR) is 471 cm³/mol. The van der Waals surface area contributed by atoms with E-state index in [0.29, 0.717) is 58.6 Å². The van der Waals surface area contributed by atoms with E-state index in [1.54, 1.807) is 89.1 Å². The van der Waals surface area contributed by atoms with Gasteiger partial charge >= 0.3 is 41.0 Å². The van der Waals surface area contributed by atoms with Gasteiger partial charge in [-0.3, -0.25) is 25.0 Å². The van der Waals surface area contributed by atoms with Crippen molar-refractivity contribution in [3.63, 3.8) is 0 Å². The molecule has 19 nitrogen and oxygen atoms in total. The topological polar surface area (TPSA) is 292 Å². The number of hydrogen-bond acceptors (Lipinski definition) is 15. The molecule has 0 heterocycles. The van der Waals surface area contributed by atoms with Crippen LogP contribution in [-0.2, 0) is 29.0 Å². The van der Waals surface area contributed by atoms with Crippen molar-refractivity contribution in [2.24, 2.45) is 0 Å². The van der Waals surface area contributed by atoms with Gasteiger partial charge in [0.2, 0.25) is 0 Å². The molecule has 24 heteroatoms. The molecule has 0 aromatic heterocycles. The van der Waals surface area contributed by atoms with Crippen LogP contribution in [0.5, 0.6) is 23.0 Å². The fraction of sp³-hybridized carbons (Fsp3) is 0.0652. The summed E-state index contributed by atoms with van der Waals surface area (Å²) in [7, 11) is 15.6. The molecule has 0 bridgehead atoms. The number of ether oxygens (including phenoxy) is 4. The second kappa shape index (κ2) is 49.2. The van der Waals surface area contributed by atoms with Gasteiger partial charge in [-0.15, -0.1) is 6.42 Å². The number of rotatable bonds is 18. The summed E-state index contributed by atoms with van der Waals surface area (Å²) in [5, 5.41) is 43.4. The standard InChI is InChI=1S/C30H27N3O3.C18H15P.C16H17NO4.C14H10N2O2.C8H6.C6H5BrN2O2.2ClH.Pd/c1-35-28-17-15-25(19-29(28)36-2)32-20-23-10-13-24(14-11-23)30(34)33-27-18-22(12-16-26(27)31)9-8-21-6-4-3-5-7-21;1-4-10-16(11-5-1)19(17-12-6-2-7-13-17)18-14-8-3-9-15-18;1-20-14-8-7-13(9-15(14)21-2)17-10-11-3-5-12(6-4-11)16(18)19;15-13-10-12(8-9-14(13)16(17)18)7-6-11-4-2-1-3-5-11;1-2-8-6-4-3-5-7-8;7-4-1-2-6(9(10)11)5(8)3-4;;;/h3-7,10-19,32H,20,31H2,1-2H3,(H,33,34);1-15H;3-9,17H,10H2,1-2H3,(H,18,19);1-5,8-10H,15H2;1,3-7H;1-3H,8H2;2*1H;/q;;;;;;;;+2/p-2. The van der Waals surface area contributed by atoms with Gasteiger partial charge in [-0.25, -0.2) is 4.79 Å². The monoisotopic (exact) mass is 1760 g/mol. The predicted octanol–water partition coefficient (Wildman–Crippen LogP) is 19.6. The van der Waals surface area contributed by atoms with Crippen LogP contribution in [0, 0.1) is 56.3 Å². The maximum Gasteiger partial charge on any atom is -0.0134 e. The zero-order chi connectivity index (χ0) is 83.4. The van der Waals surface area contributed by atoms with Crippen LogP contribution >= 0.6 is 42.9 Å². The first-order valence-electron chi connectivity index (χ1n) is 35.0. The van der Waals surface area contributed by atoms with Gasteiger partial charge < -0.3 is 57.2 Å². The maximum absolute atomic E-state index is 12.8. The third-order valence-corrected chi connectivity index (χ3v) is 19.1. The molecule has 13 aromatic rings. The summed E-state index contributed by atoms with van der Waals surface area (Å²) in [6, 6.07) is 101. The van der Waals surface area contributed by atoms with Crippen LogP contribution in [0.1, 0.15) is 59.7 Å². The number of amides is 1. The first kappa shape index (κ1) is 89.8. The zero-order valence-electron chi connectivity index (χ0n) is 63.1. The van der Waals surface area contributed by atoms with Gasteiger partial charge in [0.15, 0.2) is 23.0 Å². The van der Waals surface area contributed by atoms with E-state index in [1.165, 1.54) is 40.2 Å². The molecule has 0 saturated carbocycles. The van der Waals surface area contributed by atoms with Gasteiger partial charge in [0.25, 0.3) is 17.3 Å². The van der Waals surface area contributed by atoms with Crippen LogP contribution < -0.4 is 68.0 Å². The number of methoxy groups -OCH3 is 4. The summed E-state index contributed by atoms with van der Waals surface area (Å²) in [6.07, 6.45) is 5.10. The van der Waals surface area contributed by atoms with Crippen molar-refractivity contribution in [1.82, 2.24) is 0 Å². The van der Waals surface area contributed by atoms with Crippen molar-refractivity contribution < 1.29 is 59.4 Å². The molecule has 590 valence electrons. The van der Waals surface area contributed by atoms with E-state index < -0.39 is 23.7 Å². The van der Waals surface area contributed by atoms with Crippen molar-refractivity contribution in [3.05, 3.63) is 396 Å². The Morgan fingerprint density at radius 1 is 0.440 bits per heavy atom. The number of hydrogen-bond donors (Lipinski definition) is 7. The van der Waals surface area contributed by atoms with Gasteiger partial charge in [-0.2, -0.15) is 0 Å². The maximum atomic E-state index is 12.8. The van der Waals surface area contributed by atoms with Gasteiger partial charge in [-0.05, 0) is 162 Å². The molecule has 0 aliphatic rings. The number of nitrogens with zero attached hydrogens (tertiary/aromatic N) is 2. The smallest absolute Gasteiger partial charge is 0.0134 e. The Labute approximate surface area is 700 Å². The molecular weight excluding hydrogens is 1680 g/mol. The molecule has 0 unspecified atom stereocenters. The molecule has 116 heavy (non-hydrogen) atoms. The van der Waals surface area contributed by atoms with E-state index in [0.717, 1.165) is 49.2 Å². The average molecular weight is 1760 g/mol. The van der Waals surface area contributed by atoms with Crippen LogP contribution in [0.2, 0.25) is 0 Å². The fourth-order valence-corrected chi connectivity index (χ4v) is 13.0. The van der Waals surface area contributed by atoms with Crippen LogP contribution in [0.25, 0.3) is 0 Å². The Morgan fingerprint density at radius 3 is 1.16 bits per heavy atom. The molecule has 0 spiro atoms. The number of nitrogens with two attached hydrogens (primary N) is 3. The first-order chi connectivity index (χ1) is 56.3. The van der Waals surface area contributed by atoms with Crippen LogP contribution in [0.4, 0.5) is 45.5 Å². The Morgan fingerprint density at radius 2 is 0.793 bits per heavy atom. The summed E-state index contributed by atoms with van der Waals surface area (Å²) in [5.41, 5.74) is 27.0. The number of carboxylic acids is 1. The normalized spacial score (nSPS) is 9.75. The fourth-order valence-electron chi connectivity index (χ4n) is 10.3. The molecule has 13 aromatic carbocycles. The molecular formula is C92H80BrCl2N8O11PPd. The summed E-state index contributed by atoms with van der Waals surface area (Å²) >= 11 is 3.04. The molecule has 0 saturated heterocycles. The van der Waals surface area contributed by atoms with Gasteiger partial charge in [0.05, 0.1) is 55.2 Å². The Kier molecular flexibility index (Phi) is 38.1. The third-order valence-electron chi connectivity index (χ3n) is 16.1. The molecule has 0 aliphatic heterocycles. The second-order valence-corrected chi connectivity index (χ2v) is 29.4. The number of nitrogen functional groups attached to an aromatic ring is 3. The molecule has 1 amide bonds. The minimum absolute atomic E-state index is 0.0619. The molecule has 0 fully saturated rings. The number of aromatic carboxylic acids is 1. The zero-order valence-corrected chi connectivity index (χ0v) is 68.7. The number of nitrogens with one attached hydrogen (secondary N) is 3. The number of benzene rings is 13. The van der Waals surface area contributed by atoms with E-state index >= 15 is 0 Å². The van der Waals surface area contributed by atoms with Crippen molar-refractivity contribution in [2.45, 2.75) is 13.1 Å². The average Bonchev–Trinajstić information content (AvgIpc) is 0.816. The number of terminal acetylenes is 1. The molecule has 0 radical (unpaired) electrons. The largest absolute Gasteiger partial charge is 0.0622 e. The second-order valence-electron chi connectivity index (χ2n) is 23.9. The summed E-state index contributed by atoms with van der Waals surface area (Å²) in [4.78, 5) is 43.4. The van der Waals surface area contributed by atoms with Crippen LogP contribution in [0.15, 0.2) is 326 Å². The summed E-state index contributed by atoms with van der Waals surface area (Å²) in [5.74, 6) is 16.1. The SMILES string of the molecule is C#Cc1ccccc1.COc1ccc(NCc2ccc(C(=O)Nc3cc(C#Cc4ccccc4)ccc3N)cc2)cc1OC.COc1ccc(NCc2ccc(C(=O)O)cc2)cc1OC.Nc1cc(Br)ccc1[N+](=O)[O-].Nc1cc(C#Cc2ccccc2)ccc1[N+](=O)[O-].[Cl][Pd][Cl].c1ccc(P(c2ccccc2)c2ccccc2)cc1. The van der Waals surface area contributed by atoms with Crippen molar-refractivity contribution in [1.29, 1.82) is 0 Å². The minimum atomic E-state index is -0.922. The quantitative estimate of drug-likeness (QED) is 0.0105. The number of anilines is 6. The molecule has 10 N–H and O–H groups in total. The number of halogens is 3. The number of carbonyl (C=O) groups excluding carboxylic acids is 1. The van der Waals surface area contributed by atoms with Crippen LogP contribution in [0.3, 0.4) is 0 Å². The molecule has 0 aliphatic carbocycles. The van der Waals surface area contributed by atoms with Crippen LogP contribution in [-0.4, -0.2) is 55.3 Å². The van der Waals surface area contributed by atoms with Gasteiger partial charge in [0.1, 0.15) is 11.4 Å². The molecule has 13 rings (SSSR count). The first-order valence-corrected chi connectivity index (χ1v) is 41.1. The van der Waals surface area contributed by atoms with E-state index in [1.807, 2.05) is 146 Å². The van der Waals surface area contributed by atoms with Gasteiger partial charge in [0, 0.05) is 86.6 Å². The minimum Gasteiger partial charge on any atom is -0.0622 e.